The van der Waals surface area contributed by atoms with Gasteiger partial charge in [0.1, 0.15) is 0 Å². The van der Waals surface area contributed by atoms with Gasteiger partial charge >= 0.3 is 0 Å². The summed E-state index contributed by atoms with van der Waals surface area (Å²) in [5.74, 6) is 0. The maximum Gasteiger partial charge on any atom is 0.0667 e. The molecule has 0 aromatic carbocycles. The average molecular weight is 143 g/mol. The van der Waals surface area contributed by atoms with Gasteiger partial charge in [-0.25, -0.2) is 10.0 Å². The van der Waals surface area contributed by atoms with E-state index >= 15 is 0 Å². The van der Waals surface area contributed by atoms with Gasteiger partial charge in [-0.3, -0.25) is 4.90 Å². The summed E-state index contributed by atoms with van der Waals surface area (Å²) in [5, 5.41) is 4.99. The fraction of sp³-hybridized carbons (Fsp3) is 1.00. The van der Waals surface area contributed by atoms with Crippen molar-refractivity contribution in [2.45, 2.75) is 0 Å². The molecule has 4 saturated heterocycles. The van der Waals surface area contributed by atoms with E-state index in [0.29, 0.717) is 7.92 Å². The third-order valence-corrected chi connectivity index (χ3v) is 4.51. The van der Waals surface area contributed by atoms with Gasteiger partial charge in [0.25, 0.3) is 0 Å². The SMILES string of the molecule is C1N2CN3CP(C2)CN13. The summed E-state index contributed by atoms with van der Waals surface area (Å²) in [6, 6.07) is 0. The topological polar surface area (TPSA) is 9.72 Å². The standard InChI is InChI=1S/C5H10N3P/c1-6-2-8-5-9(3-6)4-7(1)8/h1-5H2. The zero-order valence-electron chi connectivity index (χ0n) is 5.32. The summed E-state index contributed by atoms with van der Waals surface area (Å²) in [6.45, 7) is 2.44. The number of nitrogens with zero attached hydrogens (tertiary/aromatic N) is 3. The van der Waals surface area contributed by atoms with Crippen molar-refractivity contribution >= 4 is 7.92 Å². The molecule has 0 amide bonds. The van der Waals surface area contributed by atoms with Crippen molar-refractivity contribution in [3.8, 4) is 0 Å². The average Bonchev–Trinajstić information content (AvgIpc) is 2.20. The molecule has 2 unspecified atom stereocenters. The lowest BCUT2D eigenvalue weighted by Gasteiger charge is -2.26. The maximum atomic E-state index is 2.54. The second kappa shape index (κ2) is 1.48. The molecule has 0 saturated carbocycles. The van der Waals surface area contributed by atoms with Gasteiger partial charge in [-0.1, -0.05) is 7.92 Å². The van der Waals surface area contributed by atoms with E-state index in [9.17, 15) is 0 Å². The van der Waals surface area contributed by atoms with Gasteiger partial charge < -0.3 is 0 Å². The van der Waals surface area contributed by atoms with E-state index in [1.807, 2.05) is 0 Å². The Kier molecular flexibility index (Phi) is 0.828. The molecule has 50 valence electrons. The molecule has 0 aliphatic carbocycles. The predicted molar refractivity (Wildman–Crippen MR) is 36.8 cm³/mol. The van der Waals surface area contributed by atoms with Crippen LogP contribution < -0.4 is 0 Å². The molecule has 4 bridgehead atoms. The van der Waals surface area contributed by atoms with Crippen LogP contribution in [-0.2, 0) is 0 Å². The highest BCUT2D eigenvalue weighted by molar-refractivity contribution is 7.57. The Balaban J connectivity index is 2.00. The van der Waals surface area contributed by atoms with Gasteiger partial charge in [0.15, 0.2) is 0 Å². The minimum Gasteiger partial charge on any atom is -0.271 e. The maximum absolute atomic E-state index is 2.54. The molecule has 0 aromatic heterocycles. The summed E-state index contributed by atoms with van der Waals surface area (Å²) >= 11 is 0. The molecule has 0 spiro atoms. The molecule has 9 heavy (non-hydrogen) atoms. The van der Waals surface area contributed by atoms with Crippen LogP contribution in [0.25, 0.3) is 0 Å². The van der Waals surface area contributed by atoms with E-state index in [-0.39, 0.29) is 0 Å². The van der Waals surface area contributed by atoms with E-state index in [4.69, 9.17) is 0 Å². The molecule has 4 aliphatic heterocycles. The summed E-state index contributed by atoms with van der Waals surface area (Å²) < 4.78 is 0. The zero-order chi connectivity index (χ0) is 5.84. The van der Waals surface area contributed by atoms with Gasteiger partial charge in [-0.2, -0.15) is 0 Å². The van der Waals surface area contributed by atoms with Crippen LogP contribution in [0.5, 0.6) is 0 Å². The summed E-state index contributed by atoms with van der Waals surface area (Å²) in [5.41, 5.74) is 0. The number of hydrazine groups is 1. The Morgan fingerprint density at radius 3 is 2.00 bits per heavy atom. The van der Waals surface area contributed by atoms with Crippen LogP contribution in [0.15, 0.2) is 0 Å². The van der Waals surface area contributed by atoms with Crippen LogP contribution in [0.1, 0.15) is 0 Å². The Morgan fingerprint density at radius 1 is 0.889 bits per heavy atom. The first-order chi connectivity index (χ1) is 4.42. The van der Waals surface area contributed by atoms with Crippen molar-refractivity contribution in [1.29, 1.82) is 0 Å². The van der Waals surface area contributed by atoms with Crippen LogP contribution in [-0.4, -0.2) is 47.1 Å². The minimum absolute atomic E-state index is 0.393. The fourth-order valence-corrected chi connectivity index (χ4v) is 4.39. The molecule has 4 heteroatoms. The Labute approximate surface area is 55.9 Å². The largest absolute Gasteiger partial charge is 0.271 e. The number of hydrogen-bond donors (Lipinski definition) is 0. The van der Waals surface area contributed by atoms with Crippen LogP contribution in [0.3, 0.4) is 0 Å². The normalized spacial score (nSPS) is 61.3. The molecular weight excluding hydrogens is 133 g/mol. The van der Waals surface area contributed by atoms with Gasteiger partial charge in [0.2, 0.25) is 0 Å². The van der Waals surface area contributed by atoms with E-state index in [0.717, 1.165) is 0 Å². The second-order valence-corrected chi connectivity index (χ2v) is 5.25. The Morgan fingerprint density at radius 2 is 1.56 bits per heavy atom. The molecule has 4 fully saturated rings. The van der Waals surface area contributed by atoms with Crippen molar-refractivity contribution in [3.63, 3.8) is 0 Å². The number of hydrogen-bond acceptors (Lipinski definition) is 3. The van der Waals surface area contributed by atoms with E-state index in [2.05, 4.69) is 14.9 Å². The van der Waals surface area contributed by atoms with Crippen LogP contribution in [0.4, 0.5) is 0 Å². The van der Waals surface area contributed by atoms with Gasteiger partial charge in [-0.05, 0) is 0 Å². The molecular formula is C5H10N3P. The van der Waals surface area contributed by atoms with E-state index in [1.165, 1.54) is 32.2 Å². The lowest BCUT2D eigenvalue weighted by molar-refractivity contribution is 0.0894. The van der Waals surface area contributed by atoms with Crippen molar-refractivity contribution in [2.24, 2.45) is 0 Å². The first-order valence-corrected chi connectivity index (χ1v) is 5.26. The molecule has 4 rings (SSSR count). The van der Waals surface area contributed by atoms with Gasteiger partial charge in [0.05, 0.1) is 13.3 Å². The molecule has 4 heterocycles. The molecule has 2 atom stereocenters. The van der Waals surface area contributed by atoms with E-state index in [1.54, 1.807) is 0 Å². The smallest absolute Gasteiger partial charge is 0.0667 e. The minimum atomic E-state index is 0.393. The van der Waals surface area contributed by atoms with Crippen LogP contribution in [0.2, 0.25) is 0 Å². The monoisotopic (exact) mass is 143 g/mol. The summed E-state index contributed by atoms with van der Waals surface area (Å²) in [7, 11) is 0.393. The lowest BCUT2D eigenvalue weighted by atomic mass is 10.8. The highest BCUT2D eigenvalue weighted by Crippen LogP contribution is 2.50. The molecule has 3 nitrogen and oxygen atoms in total. The molecule has 0 radical (unpaired) electrons. The van der Waals surface area contributed by atoms with Crippen LogP contribution >= 0.6 is 7.92 Å². The highest BCUT2D eigenvalue weighted by Gasteiger charge is 2.42. The summed E-state index contributed by atoms with van der Waals surface area (Å²) in [4.78, 5) is 2.54. The van der Waals surface area contributed by atoms with Crippen molar-refractivity contribution < 1.29 is 0 Å². The number of rotatable bonds is 0. The van der Waals surface area contributed by atoms with Crippen molar-refractivity contribution in [1.82, 2.24) is 14.9 Å². The van der Waals surface area contributed by atoms with Gasteiger partial charge in [0, 0.05) is 18.9 Å². The van der Waals surface area contributed by atoms with E-state index < -0.39 is 0 Å². The van der Waals surface area contributed by atoms with Crippen LogP contribution in [0, 0.1) is 0 Å². The third-order valence-electron chi connectivity index (χ3n) is 2.25. The molecule has 0 N–H and O–H groups in total. The molecule has 4 aliphatic rings. The Bertz CT molecular complexity index is 118. The van der Waals surface area contributed by atoms with Crippen molar-refractivity contribution in [3.05, 3.63) is 0 Å². The fourth-order valence-electron chi connectivity index (χ4n) is 1.92. The molecule has 0 aromatic rings. The lowest BCUT2D eigenvalue weighted by Crippen LogP contribution is -2.30. The van der Waals surface area contributed by atoms with Crippen molar-refractivity contribution in [2.75, 3.05) is 32.2 Å². The third kappa shape index (κ3) is 0.560. The predicted octanol–water partition coefficient (Wildman–Crippen LogP) is 0.118. The summed E-state index contributed by atoms with van der Waals surface area (Å²) in [6.07, 6.45) is 4.21. The quantitative estimate of drug-likeness (QED) is 0.446. The zero-order valence-corrected chi connectivity index (χ0v) is 6.22. The second-order valence-electron chi connectivity index (χ2n) is 3.06. The van der Waals surface area contributed by atoms with Gasteiger partial charge in [-0.15, -0.1) is 0 Å². The first kappa shape index (κ1) is 5.03. The first-order valence-electron chi connectivity index (χ1n) is 3.36. The highest BCUT2D eigenvalue weighted by atomic mass is 31.1. The Hall–Kier alpha value is 0.310.